The van der Waals surface area contributed by atoms with Crippen molar-refractivity contribution in [3.63, 3.8) is 0 Å². The van der Waals surface area contributed by atoms with Crippen molar-refractivity contribution in [2.45, 2.75) is 66.5 Å². The summed E-state index contributed by atoms with van der Waals surface area (Å²) in [7, 11) is -9.17. The summed E-state index contributed by atoms with van der Waals surface area (Å²) in [4.78, 5) is 0. The Kier molecular flexibility index (Phi) is 14.9. The molecule has 0 fully saturated rings. The molecule has 0 atom stereocenters. The molecule has 2 aromatic rings. The summed E-state index contributed by atoms with van der Waals surface area (Å²) in [6.07, 6.45) is 13.6. The quantitative estimate of drug-likeness (QED) is 0.394. The average molecular weight is 489 g/mol. The highest BCUT2D eigenvalue weighted by atomic mass is 32.2. The maximum absolute atomic E-state index is 9.72. The fourth-order valence-corrected chi connectivity index (χ4v) is 3.88. The van der Waals surface area contributed by atoms with Gasteiger partial charge >= 0.3 is 0 Å². The Morgan fingerprint density at radius 3 is 1.16 bits per heavy atom. The SMILES string of the molecule is CCCC[n+]1ccc(C)cc1.CCCC[n+]1ccc(C)cc1.O=S(=O)([O-])CCS(=O)(=O)[O-]. The molecule has 0 aromatic carbocycles. The van der Waals surface area contributed by atoms with E-state index in [9.17, 15) is 25.9 Å². The van der Waals surface area contributed by atoms with Crippen LogP contribution in [0.1, 0.15) is 50.7 Å². The molecule has 182 valence electrons. The monoisotopic (exact) mass is 488 g/mol. The van der Waals surface area contributed by atoms with Crippen molar-refractivity contribution in [3.8, 4) is 0 Å². The largest absolute Gasteiger partial charge is 0.748 e. The normalized spacial score (nSPS) is 11.1. The minimum atomic E-state index is -4.59. The molecule has 0 radical (unpaired) electrons. The second-order valence-electron chi connectivity index (χ2n) is 7.46. The van der Waals surface area contributed by atoms with Gasteiger partial charge in [-0.25, -0.2) is 26.0 Å². The summed E-state index contributed by atoms with van der Waals surface area (Å²) in [5, 5.41) is 0. The molecule has 0 amide bonds. The Morgan fingerprint density at radius 2 is 0.938 bits per heavy atom. The predicted molar refractivity (Wildman–Crippen MR) is 122 cm³/mol. The molecular weight excluding hydrogens is 452 g/mol. The molecule has 0 aliphatic rings. The number of aromatic nitrogens is 2. The summed E-state index contributed by atoms with van der Waals surface area (Å²) < 4.78 is 62.8. The lowest BCUT2D eigenvalue weighted by Crippen LogP contribution is -2.32. The second kappa shape index (κ2) is 15.8. The van der Waals surface area contributed by atoms with Gasteiger partial charge in [0.05, 0.1) is 31.7 Å². The van der Waals surface area contributed by atoms with Gasteiger partial charge in [-0.05, 0) is 25.0 Å². The van der Waals surface area contributed by atoms with E-state index in [2.05, 4.69) is 85.9 Å². The van der Waals surface area contributed by atoms with Crippen LogP contribution in [0.2, 0.25) is 0 Å². The number of pyridine rings is 2. The molecule has 0 aliphatic carbocycles. The minimum absolute atomic E-state index is 1.15. The second-order valence-corrected chi connectivity index (χ2v) is 10.5. The topological polar surface area (TPSA) is 122 Å². The maximum Gasteiger partial charge on any atom is 0.169 e. The van der Waals surface area contributed by atoms with Gasteiger partial charge < -0.3 is 9.11 Å². The first kappa shape index (κ1) is 30.1. The first-order valence-electron chi connectivity index (χ1n) is 10.6. The van der Waals surface area contributed by atoms with Crippen LogP contribution in [0.5, 0.6) is 0 Å². The standard InChI is InChI=1S/2C10H16N.C2H6O6S2/c2*1-3-4-7-11-8-5-10(2)6-9-11;3-9(4,5)1-2-10(6,7)8/h2*5-6,8-9H,3-4,7H2,1-2H3;1-2H2,(H,3,4,5)(H,6,7,8)/q2*+1;/p-2. The molecule has 0 saturated heterocycles. The summed E-state index contributed by atoms with van der Waals surface area (Å²) in [6.45, 7) is 11.0. The molecule has 0 N–H and O–H groups in total. The van der Waals surface area contributed by atoms with Crippen LogP contribution in [-0.2, 0) is 33.3 Å². The van der Waals surface area contributed by atoms with E-state index in [1.165, 1.54) is 36.8 Å². The highest BCUT2D eigenvalue weighted by Gasteiger charge is 1.99. The molecular formula is C22H36N2O6S2. The van der Waals surface area contributed by atoms with Crippen molar-refractivity contribution in [2.24, 2.45) is 0 Å². The molecule has 10 heteroatoms. The van der Waals surface area contributed by atoms with Gasteiger partial charge in [-0.3, -0.25) is 0 Å². The fraction of sp³-hybridized carbons (Fsp3) is 0.545. The molecule has 2 heterocycles. The van der Waals surface area contributed by atoms with Crippen LogP contribution in [0.3, 0.4) is 0 Å². The molecule has 0 aliphatic heterocycles. The van der Waals surface area contributed by atoms with E-state index in [1.54, 1.807) is 0 Å². The third kappa shape index (κ3) is 18.9. The Morgan fingerprint density at radius 1 is 0.656 bits per heavy atom. The summed E-state index contributed by atoms with van der Waals surface area (Å²) in [5.74, 6) is -2.31. The highest BCUT2D eigenvalue weighted by molar-refractivity contribution is 7.89. The lowest BCUT2D eigenvalue weighted by Gasteiger charge is -2.08. The van der Waals surface area contributed by atoms with Gasteiger partial charge in [-0.15, -0.1) is 0 Å². The van der Waals surface area contributed by atoms with Crippen molar-refractivity contribution in [1.29, 1.82) is 0 Å². The molecule has 32 heavy (non-hydrogen) atoms. The van der Waals surface area contributed by atoms with E-state index in [1.807, 2.05) is 0 Å². The number of aryl methyl sites for hydroxylation is 4. The lowest BCUT2D eigenvalue weighted by molar-refractivity contribution is -0.697. The Hall–Kier alpha value is -1.88. The summed E-state index contributed by atoms with van der Waals surface area (Å²) in [5.41, 5.74) is 2.66. The van der Waals surface area contributed by atoms with Gasteiger partial charge in [0.2, 0.25) is 0 Å². The Balaban J connectivity index is 0.000000452. The first-order chi connectivity index (χ1) is 14.9. The molecule has 8 nitrogen and oxygen atoms in total. The third-order valence-corrected chi connectivity index (χ3v) is 5.91. The number of nitrogens with zero attached hydrogens (tertiary/aromatic N) is 2. The van der Waals surface area contributed by atoms with E-state index in [-0.39, 0.29) is 0 Å². The van der Waals surface area contributed by atoms with E-state index in [0.29, 0.717) is 0 Å². The van der Waals surface area contributed by atoms with Gasteiger partial charge in [0.15, 0.2) is 24.8 Å². The number of unbranched alkanes of at least 4 members (excludes halogenated alkanes) is 2. The van der Waals surface area contributed by atoms with Crippen LogP contribution in [-0.4, -0.2) is 37.4 Å². The van der Waals surface area contributed by atoms with Crippen LogP contribution in [0, 0.1) is 13.8 Å². The van der Waals surface area contributed by atoms with Crippen molar-refractivity contribution >= 4 is 20.2 Å². The van der Waals surface area contributed by atoms with Crippen molar-refractivity contribution in [3.05, 3.63) is 60.2 Å². The van der Waals surface area contributed by atoms with E-state index >= 15 is 0 Å². The zero-order chi connectivity index (χ0) is 24.6. The fourth-order valence-electron chi connectivity index (χ4n) is 2.25. The van der Waals surface area contributed by atoms with Crippen molar-refractivity contribution in [1.82, 2.24) is 0 Å². The van der Waals surface area contributed by atoms with E-state index in [0.717, 1.165) is 13.1 Å². The highest BCUT2D eigenvalue weighted by Crippen LogP contribution is 1.92. The Labute approximate surface area is 193 Å². The number of rotatable bonds is 9. The van der Waals surface area contributed by atoms with E-state index in [4.69, 9.17) is 0 Å². The third-order valence-electron chi connectivity index (χ3n) is 4.24. The van der Waals surface area contributed by atoms with Crippen LogP contribution >= 0.6 is 0 Å². The zero-order valence-electron chi connectivity index (χ0n) is 19.4. The summed E-state index contributed by atoms with van der Waals surface area (Å²) >= 11 is 0. The van der Waals surface area contributed by atoms with Crippen molar-refractivity contribution in [2.75, 3.05) is 11.5 Å². The maximum atomic E-state index is 9.72. The van der Waals surface area contributed by atoms with Gasteiger partial charge in [-0.1, -0.05) is 26.7 Å². The molecule has 2 rings (SSSR count). The first-order valence-corrected chi connectivity index (χ1v) is 13.8. The van der Waals surface area contributed by atoms with Crippen LogP contribution < -0.4 is 9.13 Å². The van der Waals surface area contributed by atoms with Crippen molar-refractivity contribution < 1.29 is 35.1 Å². The number of hydrogen-bond donors (Lipinski definition) is 0. The number of hydrogen-bond acceptors (Lipinski definition) is 6. The van der Waals surface area contributed by atoms with Gasteiger partial charge in [0.25, 0.3) is 0 Å². The van der Waals surface area contributed by atoms with Crippen LogP contribution in [0.15, 0.2) is 49.1 Å². The smallest absolute Gasteiger partial charge is 0.169 e. The van der Waals surface area contributed by atoms with Gasteiger partial charge in [-0.2, -0.15) is 0 Å². The minimum Gasteiger partial charge on any atom is -0.748 e. The van der Waals surface area contributed by atoms with Gasteiger partial charge in [0.1, 0.15) is 13.1 Å². The van der Waals surface area contributed by atoms with Crippen LogP contribution in [0.4, 0.5) is 0 Å². The molecule has 0 unspecified atom stereocenters. The van der Waals surface area contributed by atoms with E-state index < -0.39 is 31.7 Å². The predicted octanol–water partition coefficient (Wildman–Crippen LogP) is 2.24. The molecule has 0 spiro atoms. The molecule has 0 saturated carbocycles. The Bertz CT molecular complexity index is 877. The average Bonchev–Trinajstić information content (AvgIpc) is 2.72. The lowest BCUT2D eigenvalue weighted by atomic mass is 10.3. The van der Waals surface area contributed by atoms with Gasteiger partial charge in [0, 0.05) is 37.1 Å². The van der Waals surface area contributed by atoms with Crippen LogP contribution in [0.25, 0.3) is 0 Å². The molecule has 2 aromatic heterocycles. The zero-order valence-corrected chi connectivity index (χ0v) is 21.1. The molecule has 0 bridgehead atoms. The summed E-state index contributed by atoms with van der Waals surface area (Å²) in [6, 6.07) is 8.59.